The van der Waals surface area contributed by atoms with Crippen LogP contribution in [-0.4, -0.2) is 16.3 Å². The van der Waals surface area contributed by atoms with E-state index < -0.39 is 0 Å². The van der Waals surface area contributed by atoms with E-state index in [-0.39, 0.29) is 5.82 Å². The highest BCUT2D eigenvalue weighted by Crippen LogP contribution is 2.26. The average molecular weight is 234 g/mol. The zero-order chi connectivity index (χ0) is 12.4. The van der Waals surface area contributed by atoms with Crippen LogP contribution in [0.2, 0.25) is 0 Å². The van der Waals surface area contributed by atoms with Crippen molar-refractivity contribution in [3.05, 3.63) is 60.6 Å². The second-order valence-electron chi connectivity index (χ2n) is 3.94. The molecule has 0 atom stereocenters. The molecule has 0 aliphatic heterocycles. The van der Waals surface area contributed by atoms with Crippen molar-refractivity contribution < 1.29 is 4.79 Å². The van der Waals surface area contributed by atoms with E-state index in [4.69, 9.17) is 0 Å². The minimum absolute atomic E-state index is 0.209. The maximum absolute atomic E-state index is 10.7. The largest absolute Gasteiger partial charge is 0.294 e. The summed E-state index contributed by atoms with van der Waals surface area (Å²) in [6.45, 7) is 0. The van der Waals surface area contributed by atoms with Crippen molar-refractivity contribution in [3.63, 3.8) is 0 Å². The summed E-state index contributed by atoms with van der Waals surface area (Å²) in [5, 5.41) is 2.27. The number of rotatable bonds is 2. The summed E-state index contributed by atoms with van der Waals surface area (Å²) >= 11 is 0. The standard InChI is InChI=1S/C15H10N2O/c18-10-15-16-9-8-14(17-15)13-7-3-5-11-4-1-2-6-12(11)13/h1-10H. The van der Waals surface area contributed by atoms with Gasteiger partial charge in [0.2, 0.25) is 0 Å². The van der Waals surface area contributed by atoms with E-state index in [9.17, 15) is 4.79 Å². The lowest BCUT2D eigenvalue weighted by molar-refractivity contribution is 0.111. The molecule has 0 aliphatic rings. The molecule has 3 heteroatoms. The summed E-state index contributed by atoms with van der Waals surface area (Å²) < 4.78 is 0. The number of aromatic nitrogens is 2. The summed E-state index contributed by atoms with van der Waals surface area (Å²) in [7, 11) is 0. The molecule has 0 saturated heterocycles. The predicted molar refractivity (Wildman–Crippen MR) is 70.4 cm³/mol. The summed E-state index contributed by atoms with van der Waals surface area (Å²) in [5.41, 5.74) is 1.78. The fourth-order valence-corrected chi connectivity index (χ4v) is 2.03. The topological polar surface area (TPSA) is 42.9 Å². The molecule has 86 valence electrons. The van der Waals surface area contributed by atoms with Gasteiger partial charge in [-0.25, -0.2) is 9.97 Å². The fourth-order valence-electron chi connectivity index (χ4n) is 2.03. The van der Waals surface area contributed by atoms with Gasteiger partial charge in [-0.15, -0.1) is 0 Å². The first-order valence-corrected chi connectivity index (χ1v) is 5.65. The van der Waals surface area contributed by atoms with Crippen molar-refractivity contribution in [1.29, 1.82) is 0 Å². The third-order valence-electron chi connectivity index (χ3n) is 2.85. The lowest BCUT2D eigenvalue weighted by atomic mass is 10.0. The van der Waals surface area contributed by atoms with Crippen LogP contribution >= 0.6 is 0 Å². The predicted octanol–water partition coefficient (Wildman–Crippen LogP) is 3.11. The zero-order valence-electron chi connectivity index (χ0n) is 9.58. The zero-order valence-corrected chi connectivity index (χ0v) is 9.58. The van der Waals surface area contributed by atoms with Crippen LogP contribution < -0.4 is 0 Å². The van der Waals surface area contributed by atoms with E-state index in [1.54, 1.807) is 6.20 Å². The molecule has 0 fully saturated rings. The minimum Gasteiger partial charge on any atom is -0.294 e. The highest BCUT2D eigenvalue weighted by atomic mass is 16.1. The Bertz CT molecular complexity index is 717. The molecule has 0 N–H and O–H groups in total. The number of fused-ring (bicyclic) bond motifs is 1. The van der Waals surface area contributed by atoms with Gasteiger partial charge in [-0.1, -0.05) is 42.5 Å². The molecule has 3 nitrogen and oxygen atoms in total. The molecule has 3 rings (SSSR count). The van der Waals surface area contributed by atoms with Crippen LogP contribution in [0.25, 0.3) is 22.0 Å². The Morgan fingerprint density at radius 2 is 1.78 bits per heavy atom. The SMILES string of the molecule is O=Cc1nccc(-c2cccc3ccccc23)n1. The minimum atomic E-state index is 0.209. The number of benzene rings is 2. The molecule has 0 bridgehead atoms. The molecule has 1 aromatic heterocycles. The number of hydrogen-bond acceptors (Lipinski definition) is 3. The molecule has 0 radical (unpaired) electrons. The third kappa shape index (κ3) is 1.76. The fraction of sp³-hybridized carbons (Fsp3) is 0. The molecule has 3 aromatic rings. The molecular formula is C15H10N2O. The van der Waals surface area contributed by atoms with E-state index in [1.165, 1.54) is 0 Å². The van der Waals surface area contributed by atoms with Crippen LogP contribution in [0.1, 0.15) is 10.6 Å². The Morgan fingerprint density at radius 3 is 2.67 bits per heavy atom. The third-order valence-corrected chi connectivity index (χ3v) is 2.85. The van der Waals surface area contributed by atoms with Crippen molar-refractivity contribution in [2.75, 3.05) is 0 Å². The molecule has 2 aromatic carbocycles. The maximum Gasteiger partial charge on any atom is 0.193 e. The Hall–Kier alpha value is -2.55. The van der Waals surface area contributed by atoms with Gasteiger partial charge in [0, 0.05) is 11.8 Å². The monoisotopic (exact) mass is 234 g/mol. The smallest absolute Gasteiger partial charge is 0.193 e. The Labute approximate surface area is 104 Å². The van der Waals surface area contributed by atoms with Gasteiger partial charge in [0.1, 0.15) is 0 Å². The first-order valence-electron chi connectivity index (χ1n) is 5.65. The Morgan fingerprint density at radius 1 is 0.944 bits per heavy atom. The van der Waals surface area contributed by atoms with Gasteiger partial charge in [0.15, 0.2) is 12.1 Å². The highest BCUT2D eigenvalue weighted by Gasteiger charge is 2.05. The summed E-state index contributed by atoms with van der Waals surface area (Å²) in [6.07, 6.45) is 2.27. The summed E-state index contributed by atoms with van der Waals surface area (Å²) in [6, 6.07) is 16.0. The van der Waals surface area contributed by atoms with Crippen molar-refractivity contribution in [2.24, 2.45) is 0 Å². The van der Waals surface area contributed by atoms with Crippen molar-refractivity contribution in [1.82, 2.24) is 9.97 Å². The van der Waals surface area contributed by atoms with E-state index in [2.05, 4.69) is 22.1 Å². The first-order chi connectivity index (χ1) is 8.88. The van der Waals surface area contributed by atoms with E-state index in [1.807, 2.05) is 36.4 Å². The van der Waals surface area contributed by atoms with E-state index in [0.29, 0.717) is 6.29 Å². The van der Waals surface area contributed by atoms with E-state index in [0.717, 1.165) is 22.0 Å². The first kappa shape index (κ1) is 10.6. The number of aldehydes is 1. The quantitative estimate of drug-likeness (QED) is 0.640. The van der Waals surface area contributed by atoms with Gasteiger partial charge in [-0.3, -0.25) is 4.79 Å². The van der Waals surface area contributed by atoms with Crippen LogP contribution in [0.15, 0.2) is 54.7 Å². The van der Waals surface area contributed by atoms with Gasteiger partial charge < -0.3 is 0 Å². The van der Waals surface area contributed by atoms with Gasteiger partial charge in [-0.05, 0) is 16.8 Å². The summed E-state index contributed by atoms with van der Waals surface area (Å²) in [4.78, 5) is 18.8. The van der Waals surface area contributed by atoms with Gasteiger partial charge in [0.05, 0.1) is 5.69 Å². The lowest BCUT2D eigenvalue weighted by Crippen LogP contribution is -1.94. The van der Waals surface area contributed by atoms with Crippen LogP contribution in [0, 0.1) is 0 Å². The highest BCUT2D eigenvalue weighted by molar-refractivity contribution is 5.95. The number of hydrogen-bond donors (Lipinski definition) is 0. The number of carbonyl (C=O) groups excluding carboxylic acids is 1. The number of carbonyl (C=O) groups is 1. The normalized spacial score (nSPS) is 10.4. The lowest BCUT2D eigenvalue weighted by Gasteiger charge is -2.05. The maximum atomic E-state index is 10.7. The second-order valence-corrected chi connectivity index (χ2v) is 3.94. The molecule has 0 amide bonds. The van der Waals surface area contributed by atoms with Gasteiger partial charge >= 0.3 is 0 Å². The summed E-state index contributed by atoms with van der Waals surface area (Å²) in [5.74, 6) is 0.209. The Kier molecular flexibility index (Phi) is 2.57. The van der Waals surface area contributed by atoms with E-state index >= 15 is 0 Å². The van der Waals surface area contributed by atoms with Crippen molar-refractivity contribution in [2.45, 2.75) is 0 Å². The molecular weight excluding hydrogens is 224 g/mol. The molecule has 0 spiro atoms. The molecule has 0 aliphatic carbocycles. The second kappa shape index (κ2) is 4.37. The molecule has 1 heterocycles. The number of nitrogens with zero attached hydrogens (tertiary/aromatic N) is 2. The van der Waals surface area contributed by atoms with Crippen molar-refractivity contribution >= 4 is 17.1 Å². The van der Waals surface area contributed by atoms with Crippen LogP contribution in [0.5, 0.6) is 0 Å². The Balaban J connectivity index is 2.27. The van der Waals surface area contributed by atoms with Crippen LogP contribution in [0.3, 0.4) is 0 Å². The molecule has 0 saturated carbocycles. The van der Waals surface area contributed by atoms with Gasteiger partial charge in [-0.2, -0.15) is 0 Å². The average Bonchev–Trinajstić information content (AvgIpc) is 2.47. The van der Waals surface area contributed by atoms with Gasteiger partial charge in [0.25, 0.3) is 0 Å². The molecule has 18 heavy (non-hydrogen) atoms. The van der Waals surface area contributed by atoms with Crippen molar-refractivity contribution in [3.8, 4) is 11.3 Å². The van der Waals surface area contributed by atoms with Crippen LogP contribution in [0.4, 0.5) is 0 Å². The van der Waals surface area contributed by atoms with Crippen LogP contribution in [-0.2, 0) is 0 Å². The molecule has 0 unspecified atom stereocenters.